The average Bonchev–Trinajstić information content (AvgIpc) is 2.56. The van der Waals surface area contributed by atoms with Gasteiger partial charge in [-0.25, -0.2) is 0 Å². The second kappa shape index (κ2) is 6.37. The van der Waals surface area contributed by atoms with Crippen LogP contribution in [-0.2, 0) is 0 Å². The normalized spacial score (nSPS) is 15.4. The summed E-state index contributed by atoms with van der Waals surface area (Å²) in [7, 11) is 2.12. The van der Waals surface area contributed by atoms with Gasteiger partial charge in [0.25, 0.3) is 0 Å². The first-order valence-electron chi connectivity index (χ1n) is 7.15. The van der Waals surface area contributed by atoms with E-state index in [4.69, 9.17) is 5.26 Å². The summed E-state index contributed by atoms with van der Waals surface area (Å²) >= 11 is 0. The van der Waals surface area contributed by atoms with Gasteiger partial charge in [0, 0.05) is 31.9 Å². The Morgan fingerprint density at radius 3 is 2.82 bits per heavy atom. The van der Waals surface area contributed by atoms with Crippen LogP contribution in [0, 0.1) is 11.3 Å². The van der Waals surface area contributed by atoms with Gasteiger partial charge in [0.1, 0.15) is 0 Å². The van der Waals surface area contributed by atoms with Gasteiger partial charge in [-0.3, -0.25) is 0 Å². The van der Waals surface area contributed by atoms with E-state index < -0.39 is 0 Å². The third kappa shape index (κ3) is 3.30. The number of likely N-dealkylation sites (N-methyl/N-ethyl adjacent to an activating group) is 1. The minimum atomic E-state index is 0.437. The van der Waals surface area contributed by atoms with E-state index in [1.54, 1.807) is 18.3 Å². The predicted molar refractivity (Wildman–Crippen MR) is 84.0 cm³/mol. The summed E-state index contributed by atoms with van der Waals surface area (Å²) in [4.78, 5) is 9.00. The van der Waals surface area contributed by atoms with E-state index in [0.29, 0.717) is 11.5 Å². The van der Waals surface area contributed by atoms with E-state index in [-0.39, 0.29) is 0 Å². The highest BCUT2D eigenvalue weighted by Gasteiger charge is 2.16. The first kappa shape index (κ1) is 14.2. The molecule has 0 spiro atoms. The third-order valence-corrected chi connectivity index (χ3v) is 3.62. The molecule has 0 bridgehead atoms. The number of benzene rings is 1. The fraction of sp³-hybridized carbons (Fsp3) is 0.333. The molecular formula is C15H17N7. The van der Waals surface area contributed by atoms with Crippen LogP contribution in [0.25, 0.3) is 0 Å². The highest BCUT2D eigenvalue weighted by Crippen LogP contribution is 2.17. The van der Waals surface area contributed by atoms with Crippen LogP contribution in [0.5, 0.6) is 0 Å². The summed E-state index contributed by atoms with van der Waals surface area (Å²) in [5.74, 6) is 1.26. The van der Waals surface area contributed by atoms with E-state index in [1.165, 1.54) is 0 Å². The van der Waals surface area contributed by atoms with Gasteiger partial charge in [-0.1, -0.05) is 6.07 Å². The molecule has 0 radical (unpaired) electrons. The number of hydrogen-bond acceptors (Lipinski definition) is 7. The van der Waals surface area contributed by atoms with Gasteiger partial charge in [-0.05, 0) is 25.2 Å². The Morgan fingerprint density at radius 1 is 1.23 bits per heavy atom. The van der Waals surface area contributed by atoms with Crippen molar-refractivity contribution in [3.05, 3.63) is 36.0 Å². The fourth-order valence-electron chi connectivity index (χ4n) is 2.33. The van der Waals surface area contributed by atoms with Gasteiger partial charge in [0.05, 0.1) is 17.8 Å². The Kier molecular flexibility index (Phi) is 4.12. The van der Waals surface area contributed by atoms with Gasteiger partial charge in [-0.15, -0.1) is 5.10 Å². The summed E-state index contributed by atoms with van der Waals surface area (Å²) < 4.78 is 0. The SMILES string of the molecule is CN1CCN(c2cnnc(Nc3cccc(C#N)c3)n2)CC1. The third-order valence-electron chi connectivity index (χ3n) is 3.62. The van der Waals surface area contributed by atoms with Crippen molar-refractivity contribution in [1.82, 2.24) is 20.1 Å². The minimum Gasteiger partial charge on any atom is -0.353 e. The van der Waals surface area contributed by atoms with Crippen LogP contribution in [-0.4, -0.2) is 53.3 Å². The molecule has 7 nitrogen and oxygen atoms in total. The average molecular weight is 295 g/mol. The maximum atomic E-state index is 8.93. The van der Waals surface area contributed by atoms with Crippen molar-refractivity contribution in [1.29, 1.82) is 5.26 Å². The number of piperazine rings is 1. The Bertz CT molecular complexity index is 686. The molecule has 2 aromatic rings. The molecule has 2 heterocycles. The summed E-state index contributed by atoms with van der Waals surface area (Å²) in [6.07, 6.45) is 1.68. The van der Waals surface area contributed by atoms with Crippen LogP contribution in [0.1, 0.15) is 5.56 Å². The molecule has 1 aliphatic rings. The van der Waals surface area contributed by atoms with Crippen molar-refractivity contribution < 1.29 is 0 Å². The van der Waals surface area contributed by atoms with Gasteiger partial charge >= 0.3 is 0 Å². The second-order valence-electron chi connectivity index (χ2n) is 5.25. The first-order valence-corrected chi connectivity index (χ1v) is 7.15. The molecule has 1 aliphatic heterocycles. The minimum absolute atomic E-state index is 0.437. The van der Waals surface area contributed by atoms with Gasteiger partial charge < -0.3 is 15.1 Å². The zero-order valence-electron chi connectivity index (χ0n) is 12.4. The molecule has 112 valence electrons. The predicted octanol–water partition coefficient (Wildman–Crippen LogP) is 1.24. The fourth-order valence-corrected chi connectivity index (χ4v) is 2.33. The number of aromatic nitrogens is 3. The molecule has 7 heteroatoms. The molecule has 0 atom stereocenters. The number of rotatable bonds is 3. The zero-order chi connectivity index (χ0) is 15.4. The zero-order valence-corrected chi connectivity index (χ0v) is 12.4. The molecule has 1 fully saturated rings. The lowest BCUT2D eigenvalue weighted by atomic mass is 10.2. The standard InChI is InChI=1S/C15H17N7/c1-21-5-7-22(8-6-21)14-11-17-20-15(19-14)18-13-4-2-3-12(9-13)10-16/h2-4,9,11H,5-8H2,1H3,(H,18,19,20). The molecule has 1 aromatic carbocycles. The molecule has 1 saturated heterocycles. The number of nitrogens with zero attached hydrogens (tertiary/aromatic N) is 6. The van der Waals surface area contributed by atoms with Gasteiger partial charge in [0.15, 0.2) is 5.82 Å². The van der Waals surface area contributed by atoms with Crippen LogP contribution in [0.2, 0.25) is 0 Å². The van der Waals surface area contributed by atoms with Crippen molar-refractivity contribution in [2.24, 2.45) is 0 Å². The largest absolute Gasteiger partial charge is 0.353 e. The molecule has 0 aliphatic carbocycles. The van der Waals surface area contributed by atoms with Crippen molar-refractivity contribution in [3.8, 4) is 6.07 Å². The Balaban J connectivity index is 1.75. The second-order valence-corrected chi connectivity index (χ2v) is 5.25. The summed E-state index contributed by atoms with van der Waals surface area (Å²) in [6.45, 7) is 3.88. The highest BCUT2D eigenvalue weighted by molar-refractivity contribution is 5.57. The molecule has 0 amide bonds. The molecule has 0 unspecified atom stereocenters. The Labute approximate surface area is 129 Å². The molecule has 1 aromatic heterocycles. The lowest BCUT2D eigenvalue weighted by Gasteiger charge is -2.32. The van der Waals surface area contributed by atoms with E-state index in [0.717, 1.165) is 37.7 Å². The number of hydrogen-bond donors (Lipinski definition) is 1. The van der Waals surface area contributed by atoms with Crippen molar-refractivity contribution in [2.75, 3.05) is 43.4 Å². The Hall–Kier alpha value is -2.72. The smallest absolute Gasteiger partial charge is 0.249 e. The monoisotopic (exact) mass is 295 g/mol. The summed E-state index contributed by atoms with van der Waals surface area (Å²) in [5.41, 5.74) is 1.37. The summed E-state index contributed by atoms with van der Waals surface area (Å²) in [6, 6.07) is 9.31. The Morgan fingerprint density at radius 2 is 2.05 bits per heavy atom. The van der Waals surface area contributed by atoms with Crippen LogP contribution in [0.15, 0.2) is 30.5 Å². The molecule has 3 rings (SSSR count). The van der Waals surface area contributed by atoms with E-state index in [9.17, 15) is 0 Å². The molecular weight excluding hydrogens is 278 g/mol. The van der Waals surface area contributed by atoms with Crippen molar-refractivity contribution in [3.63, 3.8) is 0 Å². The van der Waals surface area contributed by atoms with Crippen LogP contribution >= 0.6 is 0 Å². The molecule has 22 heavy (non-hydrogen) atoms. The number of nitrogens with one attached hydrogen (secondary N) is 1. The van der Waals surface area contributed by atoms with Crippen molar-refractivity contribution in [2.45, 2.75) is 0 Å². The van der Waals surface area contributed by atoms with Crippen LogP contribution in [0.4, 0.5) is 17.5 Å². The van der Waals surface area contributed by atoms with Crippen molar-refractivity contribution >= 4 is 17.5 Å². The highest BCUT2D eigenvalue weighted by atomic mass is 15.3. The molecule has 0 saturated carbocycles. The lowest BCUT2D eigenvalue weighted by Crippen LogP contribution is -2.44. The van der Waals surface area contributed by atoms with Gasteiger partial charge in [-0.2, -0.15) is 15.3 Å². The maximum Gasteiger partial charge on any atom is 0.249 e. The van der Waals surface area contributed by atoms with Crippen LogP contribution < -0.4 is 10.2 Å². The van der Waals surface area contributed by atoms with E-state index >= 15 is 0 Å². The lowest BCUT2D eigenvalue weighted by molar-refractivity contribution is 0.312. The molecule has 1 N–H and O–H groups in total. The van der Waals surface area contributed by atoms with E-state index in [2.05, 4.69) is 43.4 Å². The number of anilines is 3. The van der Waals surface area contributed by atoms with E-state index in [1.807, 2.05) is 12.1 Å². The number of nitriles is 1. The topological polar surface area (TPSA) is 81.0 Å². The van der Waals surface area contributed by atoms with Gasteiger partial charge in [0.2, 0.25) is 5.95 Å². The summed E-state index contributed by atoms with van der Waals surface area (Å²) in [5, 5.41) is 20.1. The quantitative estimate of drug-likeness (QED) is 0.912. The first-order chi connectivity index (χ1) is 10.7. The van der Waals surface area contributed by atoms with Crippen LogP contribution in [0.3, 0.4) is 0 Å². The maximum absolute atomic E-state index is 8.93.